The van der Waals surface area contributed by atoms with E-state index in [-0.39, 0.29) is 0 Å². The maximum atomic E-state index is 4.59. The van der Waals surface area contributed by atoms with E-state index >= 15 is 0 Å². The summed E-state index contributed by atoms with van der Waals surface area (Å²) in [4.78, 5) is 6.92. The maximum Gasteiger partial charge on any atom is 0.0574 e. The van der Waals surface area contributed by atoms with Crippen LogP contribution in [0.3, 0.4) is 0 Å². The first kappa shape index (κ1) is 13.3. The van der Waals surface area contributed by atoms with Gasteiger partial charge in [-0.3, -0.25) is 4.98 Å². The molecule has 0 spiro atoms. The van der Waals surface area contributed by atoms with E-state index in [9.17, 15) is 0 Å². The maximum absolute atomic E-state index is 4.59. The molecule has 1 saturated carbocycles. The average Bonchev–Trinajstić information content (AvgIpc) is 2.36. The fourth-order valence-corrected chi connectivity index (χ4v) is 2.56. The molecule has 0 aromatic carbocycles. The summed E-state index contributed by atoms with van der Waals surface area (Å²) in [5.41, 5.74) is 2.37. The first-order valence-electron chi connectivity index (χ1n) is 7.09. The predicted molar refractivity (Wildman–Crippen MR) is 76.9 cm³/mol. The molecular formula is C15H25N3. The molecule has 1 unspecified atom stereocenters. The van der Waals surface area contributed by atoms with Gasteiger partial charge in [-0.15, -0.1) is 0 Å². The zero-order chi connectivity index (χ0) is 13.0. The molecule has 1 aliphatic rings. The van der Waals surface area contributed by atoms with Crippen molar-refractivity contribution < 1.29 is 0 Å². The van der Waals surface area contributed by atoms with E-state index in [1.54, 1.807) is 0 Å². The van der Waals surface area contributed by atoms with Gasteiger partial charge >= 0.3 is 0 Å². The predicted octanol–water partition coefficient (Wildman–Crippen LogP) is 2.99. The summed E-state index contributed by atoms with van der Waals surface area (Å²) >= 11 is 0. The van der Waals surface area contributed by atoms with Gasteiger partial charge in [0.2, 0.25) is 0 Å². The molecule has 100 valence electrons. The summed E-state index contributed by atoms with van der Waals surface area (Å²) in [6.45, 7) is 3.35. The molecule has 18 heavy (non-hydrogen) atoms. The first-order chi connectivity index (χ1) is 8.74. The average molecular weight is 247 g/mol. The van der Waals surface area contributed by atoms with Crippen LogP contribution in [0.4, 0.5) is 5.69 Å². The number of hydrogen-bond acceptors (Lipinski definition) is 3. The van der Waals surface area contributed by atoms with Crippen molar-refractivity contribution in [3.05, 3.63) is 24.0 Å². The molecule has 2 rings (SSSR count). The van der Waals surface area contributed by atoms with Crippen molar-refractivity contribution in [3.63, 3.8) is 0 Å². The fraction of sp³-hybridized carbons (Fsp3) is 0.667. The quantitative estimate of drug-likeness (QED) is 0.837. The number of nitrogens with one attached hydrogen (secondary N) is 1. The Balaban J connectivity index is 1.97. The SMILES string of the molecule is CCC(NC)c1ccc(N(C)CC2CCC2)cn1. The molecule has 0 radical (unpaired) electrons. The highest BCUT2D eigenvalue weighted by molar-refractivity contribution is 5.44. The van der Waals surface area contributed by atoms with E-state index in [4.69, 9.17) is 0 Å². The lowest BCUT2D eigenvalue weighted by Gasteiger charge is -2.31. The highest BCUT2D eigenvalue weighted by Crippen LogP contribution is 2.28. The van der Waals surface area contributed by atoms with Crippen LogP contribution in [0.1, 0.15) is 44.3 Å². The van der Waals surface area contributed by atoms with Gasteiger partial charge in [0.1, 0.15) is 0 Å². The standard InChI is InChI=1S/C15H25N3/c1-4-14(16-2)15-9-8-13(10-17-15)18(3)11-12-6-5-7-12/h8-10,12,14,16H,4-7,11H2,1-3H3. The molecule has 1 aliphatic carbocycles. The zero-order valence-electron chi connectivity index (χ0n) is 11.8. The Labute approximate surface area is 111 Å². The molecule has 1 N–H and O–H groups in total. The van der Waals surface area contributed by atoms with Crippen LogP contribution in [0.5, 0.6) is 0 Å². The van der Waals surface area contributed by atoms with Crippen LogP contribution in [-0.4, -0.2) is 25.6 Å². The summed E-state index contributed by atoms with van der Waals surface area (Å²) in [5, 5.41) is 3.29. The van der Waals surface area contributed by atoms with Gasteiger partial charge in [-0.25, -0.2) is 0 Å². The smallest absolute Gasteiger partial charge is 0.0574 e. The van der Waals surface area contributed by atoms with Crippen LogP contribution in [0, 0.1) is 5.92 Å². The Morgan fingerprint density at radius 2 is 2.22 bits per heavy atom. The first-order valence-corrected chi connectivity index (χ1v) is 7.09. The second-order valence-corrected chi connectivity index (χ2v) is 5.37. The van der Waals surface area contributed by atoms with Crippen LogP contribution in [0.25, 0.3) is 0 Å². The lowest BCUT2D eigenvalue weighted by molar-refractivity contribution is 0.321. The van der Waals surface area contributed by atoms with Crippen LogP contribution < -0.4 is 10.2 Å². The van der Waals surface area contributed by atoms with Gasteiger partial charge in [0.25, 0.3) is 0 Å². The number of pyridine rings is 1. The van der Waals surface area contributed by atoms with Crippen LogP contribution in [0.2, 0.25) is 0 Å². The molecule has 0 amide bonds. The highest BCUT2D eigenvalue weighted by atomic mass is 15.1. The molecule has 1 aromatic rings. The highest BCUT2D eigenvalue weighted by Gasteiger charge is 2.19. The van der Waals surface area contributed by atoms with Gasteiger partial charge in [-0.1, -0.05) is 13.3 Å². The topological polar surface area (TPSA) is 28.2 Å². The van der Waals surface area contributed by atoms with Crippen LogP contribution in [-0.2, 0) is 0 Å². The molecule has 3 heteroatoms. The van der Waals surface area contributed by atoms with E-state index < -0.39 is 0 Å². The monoisotopic (exact) mass is 247 g/mol. The van der Waals surface area contributed by atoms with Gasteiger partial charge in [-0.05, 0) is 44.4 Å². The summed E-state index contributed by atoms with van der Waals surface area (Å²) in [6, 6.07) is 4.72. The van der Waals surface area contributed by atoms with Gasteiger partial charge < -0.3 is 10.2 Å². The Hall–Kier alpha value is -1.09. The van der Waals surface area contributed by atoms with E-state index in [2.05, 4.69) is 41.3 Å². The molecule has 1 fully saturated rings. The van der Waals surface area contributed by atoms with Crippen molar-refractivity contribution in [1.82, 2.24) is 10.3 Å². The lowest BCUT2D eigenvalue weighted by atomic mass is 9.85. The third-order valence-corrected chi connectivity index (χ3v) is 4.08. The Morgan fingerprint density at radius 3 is 2.67 bits per heavy atom. The Kier molecular flexibility index (Phi) is 4.59. The Bertz CT molecular complexity index is 353. The van der Waals surface area contributed by atoms with Gasteiger partial charge in [-0.2, -0.15) is 0 Å². The van der Waals surface area contributed by atoms with Crippen molar-refractivity contribution in [3.8, 4) is 0 Å². The fourth-order valence-electron chi connectivity index (χ4n) is 2.56. The molecule has 0 aliphatic heterocycles. The lowest BCUT2D eigenvalue weighted by Crippen LogP contribution is -2.29. The molecular weight excluding hydrogens is 222 g/mol. The van der Waals surface area contributed by atoms with E-state index in [1.807, 2.05) is 13.2 Å². The third-order valence-electron chi connectivity index (χ3n) is 4.08. The van der Waals surface area contributed by atoms with Crippen LogP contribution in [0.15, 0.2) is 18.3 Å². The second-order valence-electron chi connectivity index (χ2n) is 5.37. The van der Waals surface area contributed by atoms with Gasteiger partial charge in [0.15, 0.2) is 0 Å². The number of rotatable bonds is 6. The Morgan fingerprint density at radius 1 is 1.44 bits per heavy atom. The zero-order valence-corrected chi connectivity index (χ0v) is 11.8. The van der Waals surface area contributed by atoms with E-state index in [1.165, 1.54) is 31.5 Å². The van der Waals surface area contributed by atoms with E-state index in [0.717, 1.165) is 18.0 Å². The largest absolute Gasteiger partial charge is 0.373 e. The summed E-state index contributed by atoms with van der Waals surface area (Å²) in [5.74, 6) is 0.898. The van der Waals surface area contributed by atoms with Crippen molar-refractivity contribution >= 4 is 5.69 Å². The van der Waals surface area contributed by atoms with Crippen LogP contribution >= 0.6 is 0 Å². The van der Waals surface area contributed by atoms with Gasteiger partial charge in [0.05, 0.1) is 17.6 Å². The van der Waals surface area contributed by atoms with Gasteiger partial charge in [0, 0.05) is 19.6 Å². The summed E-state index contributed by atoms with van der Waals surface area (Å²) in [7, 11) is 4.16. The number of anilines is 1. The minimum atomic E-state index is 0.371. The molecule has 1 heterocycles. The number of hydrogen-bond donors (Lipinski definition) is 1. The second kappa shape index (κ2) is 6.19. The summed E-state index contributed by atoms with van der Waals surface area (Å²) in [6.07, 6.45) is 7.28. The molecule has 1 aromatic heterocycles. The van der Waals surface area contributed by atoms with E-state index in [0.29, 0.717) is 6.04 Å². The van der Waals surface area contributed by atoms with Crippen molar-refractivity contribution in [2.45, 2.75) is 38.6 Å². The molecule has 0 bridgehead atoms. The molecule has 1 atom stereocenters. The van der Waals surface area contributed by atoms with Crippen molar-refractivity contribution in [2.24, 2.45) is 5.92 Å². The number of nitrogens with zero attached hydrogens (tertiary/aromatic N) is 2. The molecule has 0 saturated heterocycles. The number of aromatic nitrogens is 1. The minimum absolute atomic E-state index is 0.371. The van der Waals surface area contributed by atoms with Crippen molar-refractivity contribution in [1.29, 1.82) is 0 Å². The molecule has 3 nitrogen and oxygen atoms in total. The third kappa shape index (κ3) is 3.02. The summed E-state index contributed by atoms with van der Waals surface area (Å²) < 4.78 is 0. The van der Waals surface area contributed by atoms with Crippen molar-refractivity contribution in [2.75, 3.05) is 25.5 Å². The minimum Gasteiger partial charge on any atom is -0.373 e. The normalized spacial score (nSPS) is 17.3.